The second kappa shape index (κ2) is 10.3. The van der Waals surface area contributed by atoms with E-state index in [0.29, 0.717) is 11.3 Å². The molecule has 2 heterocycles. The summed E-state index contributed by atoms with van der Waals surface area (Å²) < 4.78 is 0. The Labute approximate surface area is 208 Å². The van der Waals surface area contributed by atoms with Crippen LogP contribution in [0.15, 0.2) is 42.0 Å². The molecule has 2 amide bonds. The number of amides is 2. The molecule has 34 heavy (non-hydrogen) atoms. The van der Waals surface area contributed by atoms with Gasteiger partial charge in [0.2, 0.25) is 0 Å². The summed E-state index contributed by atoms with van der Waals surface area (Å²) in [4.78, 5) is 40.5. The van der Waals surface area contributed by atoms with Gasteiger partial charge in [0.1, 0.15) is 5.57 Å². The molecule has 0 aliphatic carbocycles. The van der Waals surface area contributed by atoms with Crippen LogP contribution in [0.4, 0.5) is 17.1 Å². The summed E-state index contributed by atoms with van der Waals surface area (Å²) in [5.74, 6) is -1.20. The Bertz CT molecular complexity index is 1210. The number of hydrogen-bond donors (Lipinski definition) is 2. The highest BCUT2D eigenvalue weighted by Gasteiger charge is 2.35. The average molecular weight is 502 g/mol. The highest BCUT2D eigenvalue weighted by Crippen LogP contribution is 2.30. The van der Waals surface area contributed by atoms with E-state index in [0.717, 1.165) is 43.0 Å². The Kier molecular flexibility index (Phi) is 7.65. The Morgan fingerprint density at radius 1 is 1.09 bits per heavy atom. The maximum absolute atomic E-state index is 13.4. The number of non-ortho nitro benzene ring substituents is 1. The molecule has 4 rings (SSSR count). The number of carbonyl (C=O) groups excluding carboxylic acids is 2. The van der Waals surface area contributed by atoms with Crippen LogP contribution in [0.1, 0.15) is 16.7 Å². The average Bonchev–Trinajstić information content (AvgIpc) is 2.79. The van der Waals surface area contributed by atoms with Gasteiger partial charge >= 0.3 is 0 Å². The van der Waals surface area contributed by atoms with Crippen LogP contribution >= 0.6 is 12.2 Å². The summed E-state index contributed by atoms with van der Waals surface area (Å²) in [6.07, 6.45) is 1.42. The Morgan fingerprint density at radius 2 is 1.79 bits per heavy atom. The first-order valence-electron chi connectivity index (χ1n) is 10.6. The van der Waals surface area contributed by atoms with Gasteiger partial charge in [-0.15, -0.1) is 0 Å². The highest BCUT2D eigenvalue weighted by atomic mass is 35.5. The van der Waals surface area contributed by atoms with Crippen molar-refractivity contribution in [2.24, 2.45) is 0 Å². The van der Waals surface area contributed by atoms with Gasteiger partial charge in [-0.3, -0.25) is 29.9 Å². The fourth-order valence-electron chi connectivity index (χ4n) is 3.96. The van der Waals surface area contributed by atoms with Gasteiger partial charge < -0.3 is 22.6 Å². The van der Waals surface area contributed by atoms with Gasteiger partial charge in [-0.1, -0.05) is 6.07 Å². The zero-order valence-electron chi connectivity index (χ0n) is 18.7. The first-order valence-corrected chi connectivity index (χ1v) is 11.0. The van der Waals surface area contributed by atoms with Crippen LogP contribution in [0, 0.1) is 24.0 Å². The van der Waals surface area contributed by atoms with Crippen molar-refractivity contribution in [1.82, 2.24) is 5.32 Å². The molecule has 0 unspecified atom stereocenters. The Morgan fingerprint density at radius 3 is 2.44 bits per heavy atom. The number of rotatable bonds is 4. The number of hydrogen-bond acceptors (Lipinski definition) is 6. The largest absolute Gasteiger partial charge is 1.00 e. The third kappa shape index (κ3) is 4.93. The number of carbonyl (C=O) groups is 2. The zero-order valence-corrected chi connectivity index (χ0v) is 20.3. The molecule has 0 atom stereocenters. The summed E-state index contributed by atoms with van der Waals surface area (Å²) in [5, 5.41) is 16.2. The fraction of sp³-hybridized carbons (Fsp3) is 0.261. The van der Waals surface area contributed by atoms with Gasteiger partial charge in [-0.25, -0.2) is 0 Å². The smallest absolute Gasteiger partial charge is 0.270 e. The van der Waals surface area contributed by atoms with Crippen LogP contribution in [0.2, 0.25) is 0 Å². The molecular weight excluding hydrogens is 478 g/mol. The van der Waals surface area contributed by atoms with Crippen LogP contribution in [-0.2, 0) is 9.59 Å². The molecule has 0 aromatic heterocycles. The van der Waals surface area contributed by atoms with Crippen molar-refractivity contribution >= 4 is 52.3 Å². The molecule has 2 aliphatic rings. The van der Waals surface area contributed by atoms with E-state index in [1.165, 1.54) is 23.1 Å². The van der Waals surface area contributed by atoms with Crippen molar-refractivity contribution in [1.29, 1.82) is 0 Å². The second-order valence-electron chi connectivity index (χ2n) is 8.08. The molecule has 2 aliphatic heterocycles. The second-order valence-corrected chi connectivity index (χ2v) is 8.47. The Hall–Kier alpha value is -3.34. The lowest BCUT2D eigenvalue weighted by atomic mass is 10.0. The van der Waals surface area contributed by atoms with E-state index < -0.39 is 16.7 Å². The number of nitrogens with two attached hydrogens (primary N) is 1. The number of thiocarbonyl (C=S) groups is 1. The van der Waals surface area contributed by atoms with E-state index in [2.05, 4.69) is 15.5 Å². The molecule has 3 N–H and O–H groups in total. The number of nitro groups is 1. The third-order valence-electron chi connectivity index (χ3n) is 5.92. The molecule has 9 nitrogen and oxygen atoms in total. The summed E-state index contributed by atoms with van der Waals surface area (Å²) >= 11 is 5.29. The Balaban J connectivity index is 0.00000324. The topological polar surface area (TPSA) is 112 Å². The molecule has 178 valence electrons. The third-order valence-corrected chi connectivity index (χ3v) is 6.20. The van der Waals surface area contributed by atoms with Crippen LogP contribution in [0.3, 0.4) is 0 Å². The molecule has 2 aromatic rings. The maximum atomic E-state index is 13.4. The van der Waals surface area contributed by atoms with Gasteiger partial charge in [0.25, 0.3) is 17.5 Å². The van der Waals surface area contributed by atoms with Crippen molar-refractivity contribution in [3.8, 4) is 0 Å². The normalized spacial score (nSPS) is 17.5. The van der Waals surface area contributed by atoms with E-state index in [1.54, 1.807) is 12.1 Å². The van der Waals surface area contributed by atoms with Gasteiger partial charge in [-0.05, 0) is 61.5 Å². The summed E-state index contributed by atoms with van der Waals surface area (Å²) in [5.41, 5.74) is 3.53. The number of nitrogens with one attached hydrogen (secondary N) is 1. The van der Waals surface area contributed by atoms with E-state index in [9.17, 15) is 19.7 Å². The number of halogens is 1. The highest BCUT2D eigenvalue weighted by molar-refractivity contribution is 7.80. The van der Waals surface area contributed by atoms with E-state index in [4.69, 9.17) is 12.2 Å². The number of nitro benzene ring substituents is 1. The van der Waals surface area contributed by atoms with Crippen molar-refractivity contribution in [3.63, 3.8) is 0 Å². The number of anilines is 2. The van der Waals surface area contributed by atoms with E-state index in [-0.39, 0.29) is 28.8 Å². The lowest BCUT2D eigenvalue weighted by Crippen LogP contribution is -3.00. The predicted molar refractivity (Wildman–Crippen MR) is 129 cm³/mol. The van der Waals surface area contributed by atoms with Gasteiger partial charge in [-0.2, -0.15) is 0 Å². The zero-order chi connectivity index (χ0) is 23.7. The molecule has 2 saturated heterocycles. The van der Waals surface area contributed by atoms with Crippen molar-refractivity contribution in [2.75, 3.05) is 36.0 Å². The number of piperazine rings is 1. The quantitative estimate of drug-likeness (QED) is 0.172. The minimum Gasteiger partial charge on any atom is -1.00 e. The van der Waals surface area contributed by atoms with Crippen LogP contribution in [0.5, 0.6) is 0 Å². The molecule has 0 saturated carbocycles. The molecule has 0 bridgehead atoms. The van der Waals surface area contributed by atoms with Gasteiger partial charge in [0.05, 0.1) is 36.8 Å². The fourth-order valence-corrected chi connectivity index (χ4v) is 4.24. The number of quaternary nitrogens is 1. The first-order chi connectivity index (χ1) is 15.8. The van der Waals surface area contributed by atoms with Crippen LogP contribution < -0.4 is 32.8 Å². The molecule has 2 aromatic carbocycles. The van der Waals surface area contributed by atoms with Crippen molar-refractivity contribution in [2.45, 2.75) is 13.8 Å². The van der Waals surface area contributed by atoms with Crippen molar-refractivity contribution in [3.05, 3.63) is 68.8 Å². The molecular formula is C23H24ClN5O4S. The summed E-state index contributed by atoms with van der Waals surface area (Å²) in [6, 6.07) is 9.99. The molecule has 2 fully saturated rings. The van der Waals surface area contributed by atoms with Crippen LogP contribution in [0.25, 0.3) is 6.08 Å². The molecule has 11 heteroatoms. The monoisotopic (exact) mass is 501 g/mol. The maximum Gasteiger partial charge on any atom is 0.270 e. The summed E-state index contributed by atoms with van der Waals surface area (Å²) in [7, 11) is 0. The van der Waals surface area contributed by atoms with Crippen LogP contribution in [-0.4, -0.2) is 48.0 Å². The van der Waals surface area contributed by atoms with E-state index in [1.807, 2.05) is 26.0 Å². The SMILES string of the molecule is Cc1ccc(N2C(=O)/C(=C\c3cc([N+](=O)[O-])ccc3N3CC[NH2+]CC3)C(=O)NC2=S)cc1C.[Cl-]. The minimum absolute atomic E-state index is 0. The summed E-state index contributed by atoms with van der Waals surface area (Å²) in [6.45, 7) is 7.18. The van der Waals surface area contributed by atoms with Gasteiger partial charge in [0, 0.05) is 23.4 Å². The lowest BCUT2D eigenvalue weighted by molar-refractivity contribution is -0.655. The van der Waals surface area contributed by atoms with Gasteiger partial charge in [0.15, 0.2) is 5.11 Å². The van der Waals surface area contributed by atoms with E-state index >= 15 is 0 Å². The number of aryl methyl sites for hydroxylation is 2. The number of nitrogens with zero attached hydrogens (tertiary/aromatic N) is 3. The molecule has 0 radical (unpaired) electrons. The lowest BCUT2D eigenvalue weighted by Gasteiger charge is -2.30. The minimum atomic E-state index is -0.630. The first kappa shape index (κ1) is 25.3. The standard InChI is InChI=1S/C23H23N5O4S.ClH/c1-14-3-4-17(11-15(14)2)27-22(30)19(21(29)25-23(27)33)13-16-12-18(28(31)32)5-6-20(16)26-9-7-24-8-10-26;/h3-6,11-13,24H,7-10H2,1-2H3,(H,25,29,33);1H/b19-13-;. The predicted octanol–water partition coefficient (Wildman–Crippen LogP) is -1.57. The number of benzene rings is 2. The molecule has 0 spiro atoms. The van der Waals surface area contributed by atoms with Crippen molar-refractivity contribution < 1.29 is 32.2 Å².